The Labute approximate surface area is 164 Å². The largest absolute Gasteiger partial charge is 0.496 e. The molecule has 0 bridgehead atoms. The van der Waals surface area contributed by atoms with Crippen molar-refractivity contribution in [1.29, 1.82) is 0 Å². The molecule has 26 heavy (non-hydrogen) atoms. The molecule has 0 radical (unpaired) electrons. The molecule has 1 aromatic rings. The molecule has 0 aliphatic carbocycles. The monoisotopic (exact) mass is 427 g/mol. The molecule has 1 saturated heterocycles. The first-order valence-electron chi connectivity index (χ1n) is 9.27. The van der Waals surface area contributed by atoms with Crippen molar-refractivity contribution in [3.8, 4) is 5.75 Å². The predicted octanol–water partition coefficient (Wildman–Crippen LogP) is 3.10. The zero-order valence-electron chi connectivity index (χ0n) is 15.7. The first-order chi connectivity index (χ1) is 12.7. The van der Waals surface area contributed by atoms with Crippen molar-refractivity contribution in [2.24, 2.45) is 4.99 Å². The number of aliphatic imine (C=N–C) groups is 1. The van der Waals surface area contributed by atoms with Gasteiger partial charge < -0.3 is 24.8 Å². The van der Waals surface area contributed by atoms with Crippen LogP contribution in [0, 0.1) is 0 Å². The molecule has 1 atom stereocenters. The number of nitrogens with zero attached hydrogens (tertiary/aromatic N) is 1. The van der Waals surface area contributed by atoms with E-state index in [2.05, 4.69) is 38.5 Å². The van der Waals surface area contributed by atoms with E-state index in [4.69, 9.17) is 14.2 Å². The third-order valence-electron chi connectivity index (χ3n) is 4.08. The molecule has 2 rings (SSSR count). The minimum absolute atomic E-state index is 0.294. The Bertz CT molecular complexity index is 563. The molecule has 0 saturated carbocycles. The molecule has 0 spiro atoms. The maximum absolute atomic E-state index is 5.69. The van der Waals surface area contributed by atoms with Crippen molar-refractivity contribution in [3.05, 3.63) is 28.2 Å². The van der Waals surface area contributed by atoms with E-state index in [0.29, 0.717) is 19.3 Å². The number of ether oxygens (including phenoxy) is 3. The standard InChI is InChI=1S/C19H30BrN3O3/c1-3-21-19(22-9-5-10-25-14-17-6-4-11-26-17)23-13-15-12-16(20)7-8-18(15)24-2/h7-8,12,17H,3-6,9-11,13-14H2,1-2H3,(H2,21,22,23). The van der Waals surface area contributed by atoms with Crippen LogP contribution in [0.4, 0.5) is 0 Å². The van der Waals surface area contributed by atoms with Crippen LogP contribution in [0.15, 0.2) is 27.7 Å². The number of guanidine groups is 1. The molecular formula is C19H30BrN3O3. The van der Waals surface area contributed by atoms with Crippen molar-refractivity contribution in [1.82, 2.24) is 10.6 Å². The van der Waals surface area contributed by atoms with Crippen LogP contribution in [0.1, 0.15) is 31.7 Å². The number of nitrogens with one attached hydrogen (secondary N) is 2. The molecule has 1 heterocycles. The summed E-state index contributed by atoms with van der Waals surface area (Å²) < 4.78 is 17.7. The predicted molar refractivity (Wildman–Crippen MR) is 108 cm³/mol. The summed E-state index contributed by atoms with van der Waals surface area (Å²) in [7, 11) is 1.68. The summed E-state index contributed by atoms with van der Waals surface area (Å²) in [4.78, 5) is 4.65. The molecule has 0 amide bonds. The van der Waals surface area contributed by atoms with E-state index in [1.165, 1.54) is 0 Å². The van der Waals surface area contributed by atoms with Gasteiger partial charge in [0.25, 0.3) is 0 Å². The normalized spacial score (nSPS) is 17.3. The van der Waals surface area contributed by atoms with Crippen molar-refractivity contribution in [3.63, 3.8) is 0 Å². The van der Waals surface area contributed by atoms with Crippen molar-refractivity contribution < 1.29 is 14.2 Å². The summed E-state index contributed by atoms with van der Waals surface area (Å²) in [5, 5.41) is 6.61. The Hall–Kier alpha value is -1.31. The fourth-order valence-corrected chi connectivity index (χ4v) is 3.16. The van der Waals surface area contributed by atoms with E-state index >= 15 is 0 Å². The molecule has 1 aliphatic rings. The second kappa shape index (κ2) is 12.1. The van der Waals surface area contributed by atoms with E-state index in [0.717, 1.165) is 67.3 Å². The second-order valence-electron chi connectivity index (χ2n) is 6.14. The van der Waals surface area contributed by atoms with Crippen LogP contribution in [-0.2, 0) is 16.0 Å². The zero-order valence-corrected chi connectivity index (χ0v) is 17.3. The lowest BCUT2D eigenvalue weighted by Crippen LogP contribution is -2.38. The van der Waals surface area contributed by atoms with Gasteiger partial charge in [0.1, 0.15) is 5.75 Å². The lowest BCUT2D eigenvalue weighted by atomic mass is 10.2. The average Bonchev–Trinajstić information content (AvgIpc) is 3.16. The van der Waals surface area contributed by atoms with E-state index in [9.17, 15) is 0 Å². The van der Waals surface area contributed by atoms with Gasteiger partial charge in [0, 0.05) is 36.3 Å². The Morgan fingerprint density at radius 3 is 3.00 bits per heavy atom. The zero-order chi connectivity index (χ0) is 18.6. The fourth-order valence-electron chi connectivity index (χ4n) is 2.75. The van der Waals surface area contributed by atoms with Gasteiger partial charge in [-0.1, -0.05) is 15.9 Å². The maximum Gasteiger partial charge on any atom is 0.191 e. The highest BCUT2D eigenvalue weighted by molar-refractivity contribution is 9.10. The molecule has 7 heteroatoms. The van der Waals surface area contributed by atoms with Gasteiger partial charge in [0.2, 0.25) is 0 Å². The molecule has 146 valence electrons. The Kier molecular flexibility index (Phi) is 9.81. The van der Waals surface area contributed by atoms with Gasteiger partial charge in [0.15, 0.2) is 5.96 Å². The minimum Gasteiger partial charge on any atom is -0.496 e. The van der Waals surface area contributed by atoms with E-state index in [-0.39, 0.29) is 0 Å². The first-order valence-corrected chi connectivity index (χ1v) is 10.1. The van der Waals surface area contributed by atoms with Gasteiger partial charge in [-0.25, -0.2) is 4.99 Å². The van der Waals surface area contributed by atoms with Gasteiger partial charge in [-0.3, -0.25) is 0 Å². The summed E-state index contributed by atoms with van der Waals surface area (Å²) in [6.07, 6.45) is 3.49. The highest BCUT2D eigenvalue weighted by Crippen LogP contribution is 2.23. The molecule has 6 nitrogen and oxygen atoms in total. The number of benzene rings is 1. The molecule has 1 unspecified atom stereocenters. The van der Waals surface area contributed by atoms with Gasteiger partial charge in [-0.2, -0.15) is 0 Å². The van der Waals surface area contributed by atoms with E-state index < -0.39 is 0 Å². The van der Waals surface area contributed by atoms with Crippen LogP contribution in [-0.4, -0.2) is 52.1 Å². The lowest BCUT2D eigenvalue weighted by molar-refractivity contribution is 0.0168. The summed E-state index contributed by atoms with van der Waals surface area (Å²) >= 11 is 3.50. The van der Waals surface area contributed by atoms with Crippen LogP contribution in [0.3, 0.4) is 0 Å². The van der Waals surface area contributed by atoms with Crippen molar-refractivity contribution >= 4 is 21.9 Å². The van der Waals surface area contributed by atoms with Gasteiger partial charge >= 0.3 is 0 Å². The fraction of sp³-hybridized carbons (Fsp3) is 0.632. The maximum atomic E-state index is 5.69. The lowest BCUT2D eigenvalue weighted by Gasteiger charge is -2.13. The molecule has 0 aromatic heterocycles. The van der Waals surface area contributed by atoms with Crippen LogP contribution in [0.2, 0.25) is 0 Å². The average molecular weight is 428 g/mol. The van der Waals surface area contributed by atoms with Crippen molar-refractivity contribution in [2.75, 3.05) is 40.0 Å². The molecule has 1 aromatic carbocycles. The second-order valence-corrected chi connectivity index (χ2v) is 7.06. The quantitative estimate of drug-likeness (QED) is 0.341. The Morgan fingerprint density at radius 1 is 1.38 bits per heavy atom. The number of hydrogen-bond acceptors (Lipinski definition) is 4. The number of halogens is 1. The smallest absolute Gasteiger partial charge is 0.191 e. The Balaban J connectivity index is 1.73. The summed E-state index contributed by atoms with van der Waals surface area (Å²) in [6, 6.07) is 5.94. The third kappa shape index (κ3) is 7.51. The molecule has 1 aliphatic heterocycles. The van der Waals surface area contributed by atoms with Crippen LogP contribution >= 0.6 is 15.9 Å². The minimum atomic E-state index is 0.294. The summed E-state index contributed by atoms with van der Waals surface area (Å²) in [6.45, 7) is 6.54. The summed E-state index contributed by atoms with van der Waals surface area (Å²) in [5.74, 6) is 1.64. The number of hydrogen-bond donors (Lipinski definition) is 2. The van der Waals surface area contributed by atoms with Gasteiger partial charge in [-0.15, -0.1) is 0 Å². The molecule has 1 fully saturated rings. The topological polar surface area (TPSA) is 64.1 Å². The number of methoxy groups -OCH3 is 1. The molecule has 2 N–H and O–H groups in total. The van der Waals surface area contributed by atoms with E-state index in [1.807, 2.05) is 18.2 Å². The third-order valence-corrected chi connectivity index (χ3v) is 4.57. The first kappa shape index (κ1) is 21.0. The van der Waals surface area contributed by atoms with Gasteiger partial charge in [0.05, 0.1) is 26.4 Å². The van der Waals surface area contributed by atoms with E-state index in [1.54, 1.807) is 7.11 Å². The van der Waals surface area contributed by atoms with Crippen LogP contribution in [0.5, 0.6) is 5.75 Å². The number of rotatable bonds is 10. The molecular weight excluding hydrogens is 398 g/mol. The highest BCUT2D eigenvalue weighted by Gasteiger charge is 2.14. The highest BCUT2D eigenvalue weighted by atomic mass is 79.9. The SMILES string of the molecule is CCNC(=NCc1cc(Br)ccc1OC)NCCCOCC1CCCO1. The van der Waals surface area contributed by atoms with Crippen molar-refractivity contribution in [2.45, 2.75) is 38.8 Å². The van der Waals surface area contributed by atoms with Crippen LogP contribution < -0.4 is 15.4 Å². The summed E-state index contributed by atoms with van der Waals surface area (Å²) in [5.41, 5.74) is 1.04. The Morgan fingerprint density at radius 2 is 2.27 bits per heavy atom. The van der Waals surface area contributed by atoms with Gasteiger partial charge in [-0.05, 0) is 44.4 Å². The van der Waals surface area contributed by atoms with Crippen LogP contribution in [0.25, 0.3) is 0 Å².